The van der Waals surface area contributed by atoms with Gasteiger partial charge in [0.15, 0.2) is 0 Å². The van der Waals surface area contributed by atoms with Crippen molar-refractivity contribution in [3.05, 3.63) is 23.9 Å². The minimum absolute atomic E-state index is 0.00949. The SMILES string of the molecule is C#CCNC(=O)c1ccc(N2CC[C@H](NC(=O)OC(C)(C)C)C2)nc1. The molecule has 134 valence electrons. The zero-order chi connectivity index (χ0) is 18.4. The van der Waals surface area contributed by atoms with Gasteiger partial charge in [-0.05, 0) is 39.3 Å². The molecule has 1 fully saturated rings. The molecular formula is C18H24N4O3. The first-order valence-corrected chi connectivity index (χ1v) is 8.20. The second-order valence-electron chi connectivity index (χ2n) is 6.87. The number of aromatic nitrogens is 1. The molecule has 2 N–H and O–H groups in total. The molecule has 1 aliphatic rings. The van der Waals surface area contributed by atoms with Gasteiger partial charge in [0.25, 0.3) is 5.91 Å². The van der Waals surface area contributed by atoms with Gasteiger partial charge < -0.3 is 20.3 Å². The maximum atomic E-state index is 11.8. The van der Waals surface area contributed by atoms with E-state index in [1.54, 1.807) is 12.1 Å². The summed E-state index contributed by atoms with van der Waals surface area (Å²) in [5.74, 6) is 2.87. The van der Waals surface area contributed by atoms with E-state index in [1.807, 2.05) is 20.8 Å². The number of alkyl carbamates (subject to hydrolysis) is 1. The van der Waals surface area contributed by atoms with E-state index < -0.39 is 11.7 Å². The Balaban J connectivity index is 1.88. The molecule has 0 aromatic carbocycles. The number of terminal acetylenes is 1. The first kappa shape index (κ1) is 18.6. The van der Waals surface area contributed by atoms with Crippen LogP contribution in [0, 0.1) is 12.3 Å². The molecule has 0 radical (unpaired) electrons. The minimum atomic E-state index is -0.514. The van der Waals surface area contributed by atoms with E-state index in [2.05, 4.69) is 26.4 Å². The molecule has 0 aliphatic carbocycles. The van der Waals surface area contributed by atoms with Gasteiger partial charge in [0.05, 0.1) is 18.2 Å². The first-order valence-electron chi connectivity index (χ1n) is 8.20. The molecule has 7 heteroatoms. The number of rotatable bonds is 4. The highest BCUT2D eigenvalue weighted by Crippen LogP contribution is 2.19. The van der Waals surface area contributed by atoms with E-state index in [4.69, 9.17) is 11.2 Å². The number of nitrogens with one attached hydrogen (secondary N) is 2. The van der Waals surface area contributed by atoms with Crippen LogP contribution in [0.25, 0.3) is 0 Å². The molecular weight excluding hydrogens is 320 g/mol. The molecule has 2 heterocycles. The Labute approximate surface area is 148 Å². The van der Waals surface area contributed by atoms with Gasteiger partial charge in [0.1, 0.15) is 11.4 Å². The topological polar surface area (TPSA) is 83.6 Å². The summed E-state index contributed by atoms with van der Waals surface area (Å²) in [4.78, 5) is 30.0. The molecule has 0 spiro atoms. The number of hydrogen-bond donors (Lipinski definition) is 2. The lowest BCUT2D eigenvalue weighted by Gasteiger charge is -2.22. The van der Waals surface area contributed by atoms with E-state index >= 15 is 0 Å². The molecule has 1 aliphatic heterocycles. The quantitative estimate of drug-likeness (QED) is 0.810. The summed E-state index contributed by atoms with van der Waals surface area (Å²) in [6, 6.07) is 3.51. The van der Waals surface area contributed by atoms with Crippen molar-refractivity contribution < 1.29 is 14.3 Å². The number of amides is 2. The van der Waals surface area contributed by atoms with Crippen LogP contribution >= 0.6 is 0 Å². The summed E-state index contributed by atoms with van der Waals surface area (Å²) in [6.07, 6.45) is 7.04. The Morgan fingerprint density at radius 2 is 2.20 bits per heavy atom. The predicted molar refractivity (Wildman–Crippen MR) is 95.4 cm³/mol. The maximum absolute atomic E-state index is 11.8. The number of carbonyl (C=O) groups excluding carboxylic acids is 2. The molecule has 0 saturated carbocycles. The van der Waals surface area contributed by atoms with Gasteiger partial charge in [0.2, 0.25) is 0 Å². The molecule has 0 bridgehead atoms. The smallest absolute Gasteiger partial charge is 0.407 e. The maximum Gasteiger partial charge on any atom is 0.407 e. The van der Waals surface area contributed by atoms with Gasteiger partial charge in [-0.25, -0.2) is 9.78 Å². The molecule has 2 amide bonds. The third kappa shape index (κ3) is 5.68. The Hall–Kier alpha value is -2.75. The fraction of sp³-hybridized carbons (Fsp3) is 0.500. The lowest BCUT2D eigenvalue weighted by molar-refractivity contribution is 0.0509. The van der Waals surface area contributed by atoms with Crippen LogP contribution in [0.4, 0.5) is 10.6 Å². The van der Waals surface area contributed by atoms with Crippen LogP contribution in [0.3, 0.4) is 0 Å². The van der Waals surface area contributed by atoms with Crippen LogP contribution in [-0.2, 0) is 4.74 Å². The van der Waals surface area contributed by atoms with Crippen LogP contribution in [0.2, 0.25) is 0 Å². The van der Waals surface area contributed by atoms with Crippen molar-refractivity contribution in [2.75, 3.05) is 24.5 Å². The number of pyridine rings is 1. The third-order valence-corrected chi connectivity index (χ3v) is 3.59. The summed E-state index contributed by atoms with van der Waals surface area (Å²) >= 11 is 0. The van der Waals surface area contributed by atoms with Crippen molar-refractivity contribution in [3.8, 4) is 12.3 Å². The van der Waals surface area contributed by atoms with Crippen LogP contribution in [0.1, 0.15) is 37.6 Å². The standard InChI is InChI=1S/C18H24N4O3/c1-5-9-19-16(23)13-6-7-15(20-11-13)22-10-8-14(12-22)21-17(24)25-18(2,3)4/h1,6-7,11,14H,8-10,12H2,2-4H3,(H,19,23)(H,21,24)/t14-/m0/s1. The summed E-state index contributed by atoms with van der Waals surface area (Å²) in [7, 11) is 0. The van der Waals surface area contributed by atoms with Gasteiger partial charge in [-0.3, -0.25) is 4.79 Å². The normalized spacial score (nSPS) is 16.9. The fourth-order valence-electron chi connectivity index (χ4n) is 2.50. The number of hydrogen-bond acceptors (Lipinski definition) is 5. The van der Waals surface area contributed by atoms with Crippen molar-refractivity contribution in [1.82, 2.24) is 15.6 Å². The molecule has 2 rings (SSSR count). The van der Waals surface area contributed by atoms with Gasteiger partial charge in [-0.2, -0.15) is 0 Å². The zero-order valence-corrected chi connectivity index (χ0v) is 14.8. The number of carbonyl (C=O) groups is 2. The van der Waals surface area contributed by atoms with Crippen LogP contribution in [0.15, 0.2) is 18.3 Å². The molecule has 0 unspecified atom stereocenters. The average molecular weight is 344 g/mol. The van der Waals surface area contributed by atoms with E-state index in [9.17, 15) is 9.59 Å². The number of anilines is 1. The highest BCUT2D eigenvalue weighted by atomic mass is 16.6. The highest BCUT2D eigenvalue weighted by Gasteiger charge is 2.26. The molecule has 1 atom stereocenters. The largest absolute Gasteiger partial charge is 0.444 e. The number of nitrogens with zero attached hydrogens (tertiary/aromatic N) is 2. The first-order chi connectivity index (χ1) is 11.8. The Bertz CT molecular complexity index is 658. The molecule has 1 aromatic heterocycles. The van der Waals surface area contributed by atoms with Gasteiger partial charge in [-0.1, -0.05) is 5.92 Å². The van der Waals surface area contributed by atoms with Gasteiger partial charge >= 0.3 is 6.09 Å². The van der Waals surface area contributed by atoms with Crippen molar-refractivity contribution in [2.24, 2.45) is 0 Å². The monoisotopic (exact) mass is 344 g/mol. The molecule has 25 heavy (non-hydrogen) atoms. The third-order valence-electron chi connectivity index (χ3n) is 3.59. The van der Waals surface area contributed by atoms with Crippen molar-refractivity contribution in [1.29, 1.82) is 0 Å². The van der Waals surface area contributed by atoms with Crippen LogP contribution in [0.5, 0.6) is 0 Å². The van der Waals surface area contributed by atoms with Gasteiger partial charge in [0, 0.05) is 19.3 Å². The second-order valence-corrected chi connectivity index (χ2v) is 6.87. The Morgan fingerprint density at radius 1 is 1.44 bits per heavy atom. The van der Waals surface area contributed by atoms with E-state index in [0.29, 0.717) is 12.1 Å². The summed E-state index contributed by atoms with van der Waals surface area (Å²) in [6.45, 7) is 7.10. The van der Waals surface area contributed by atoms with Crippen molar-refractivity contribution in [2.45, 2.75) is 38.8 Å². The second kappa shape index (κ2) is 7.88. The van der Waals surface area contributed by atoms with Crippen LogP contribution < -0.4 is 15.5 Å². The molecule has 1 aromatic rings. The molecule has 7 nitrogen and oxygen atoms in total. The van der Waals surface area contributed by atoms with E-state index in [0.717, 1.165) is 18.8 Å². The summed E-state index contributed by atoms with van der Waals surface area (Å²) in [5.41, 5.74) is -0.0543. The van der Waals surface area contributed by atoms with Gasteiger partial charge in [-0.15, -0.1) is 6.42 Å². The molecule has 1 saturated heterocycles. The Morgan fingerprint density at radius 3 is 2.80 bits per heavy atom. The Kier molecular flexibility index (Phi) is 5.86. The van der Waals surface area contributed by atoms with Crippen molar-refractivity contribution in [3.63, 3.8) is 0 Å². The fourth-order valence-corrected chi connectivity index (χ4v) is 2.50. The minimum Gasteiger partial charge on any atom is -0.444 e. The zero-order valence-electron chi connectivity index (χ0n) is 14.8. The average Bonchev–Trinajstić information content (AvgIpc) is 2.99. The van der Waals surface area contributed by atoms with E-state index in [-0.39, 0.29) is 18.5 Å². The lowest BCUT2D eigenvalue weighted by atomic mass is 10.2. The number of ether oxygens (including phenoxy) is 1. The van der Waals surface area contributed by atoms with Crippen LogP contribution in [-0.4, -0.2) is 48.3 Å². The predicted octanol–water partition coefficient (Wildman–Crippen LogP) is 1.55. The summed E-state index contributed by atoms with van der Waals surface area (Å²) in [5, 5.41) is 5.47. The van der Waals surface area contributed by atoms with Crippen molar-refractivity contribution >= 4 is 17.8 Å². The lowest BCUT2D eigenvalue weighted by Crippen LogP contribution is -2.40. The summed E-state index contributed by atoms with van der Waals surface area (Å²) < 4.78 is 5.27. The van der Waals surface area contributed by atoms with E-state index in [1.165, 1.54) is 6.20 Å². The highest BCUT2D eigenvalue weighted by molar-refractivity contribution is 5.94.